The molecule has 1 unspecified atom stereocenters. The summed E-state index contributed by atoms with van der Waals surface area (Å²) in [6, 6.07) is 18.7. The summed E-state index contributed by atoms with van der Waals surface area (Å²) in [5, 5.41) is 5.06. The number of halogens is 1. The second-order valence-corrected chi connectivity index (χ2v) is 9.12. The minimum atomic E-state index is -0.603. The highest BCUT2D eigenvalue weighted by Gasteiger charge is 2.29. The molecule has 0 saturated carbocycles. The number of methoxy groups -OCH3 is 1. The van der Waals surface area contributed by atoms with Crippen molar-refractivity contribution < 1.29 is 19.1 Å². The van der Waals surface area contributed by atoms with Crippen LogP contribution in [0.25, 0.3) is 10.8 Å². The first-order chi connectivity index (χ1) is 17.0. The lowest BCUT2D eigenvalue weighted by Gasteiger charge is -2.30. The quantitative estimate of drug-likeness (QED) is 0.298. The van der Waals surface area contributed by atoms with E-state index in [0.717, 1.165) is 33.7 Å². The van der Waals surface area contributed by atoms with Crippen LogP contribution in [0.3, 0.4) is 0 Å². The predicted molar refractivity (Wildman–Crippen MR) is 143 cm³/mol. The average molecular weight is 541 g/mol. The van der Waals surface area contributed by atoms with Gasteiger partial charge in [-0.05, 0) is 63.3 Å². The van der Waals surface area contributed by atoms with Gasteiger partial charge in [0.15, 0.2) is 6.61 Å². The first kappa shape index (κ1) is 26.5. The molecule has 0 aromatic heterocycles. The Morgan fingerprint density at radius 3 is 2.60 bits per heavy atom. The van der Waals surface area contributed by atoms with E-state index in [1.807, 2.05) is 67.6 Å². The fourth-order valence-electron chi connectivity index (χ4n) is 3.94. The third kappa shape index (κ3) is 6.98. The van der Waals surface area contributed by atoms with Crippen molar-refractivity contribution in [2.24, 2.45) is 0 Å². The number of benzene rings is 3. The molecular formula is C28H33BrN2O4. The van der Waals surface area contributed by atoms with E-state index < -0.39 is 6.04 Å². The van der Waals surface area contributed by atoms with Crippen molar-refractivity contribution in [2.45, 2.75) is 45.7 Å². The lowest BCUT2D eigenvalue weighted by molar-refractivity contribution is -0.143. The summed E-state index contributed by atoms with van der Waals surface area (Å²) in [4.78, 5) is 28.1. The number of rotatable bonds is 12. The highest BCUT2D eigenvalue weighted by Crippen LogP contribution is 2.33. The van der Waals surface area contributed by atoms with Gasteiger partial charge in [-0.25, -0.2) is 0 Å². The molecule has 0 aliphatic rings. The molecule has 0 aliphatic carbocycles. The van der Waals surface area contributed by atoms with Crippen LogP contribution in [0.4, 0.5) is 0 Å². The minimum absolute atomic E-state index is 0.149. The molecule has 1 N–H and O–H groups in total. The molecule has 2 amide bonds. The largest absolute Gasteiger partial charge is 0.497 e. The van der Waals surface area contributed by atoms with Gasteiger partial charge in [-0.3, -0.25) is 9.59 Å². The summed E-state index contributed by atoms with van der Waals surface area (Å²) in [5.74, 6) is 0.875. The van der Waals surface area contributed by atoms with Crippen LogP contribution in [0.15, 0.2) is 65.1 Å². The van der Waals surface area contributed by atoms with E-state index in [1.54, 1.807) is 12.0 Å². The van der Waals surface area contributed by atoms with Gasteiger partial charge in [0.25, 0.3) is 5.91 Å². The van der Waals surface area contributed by atoms with Crippen LogP contribution in [-0.2, 0) is 16.1 Å². The van der Waals surface area contributed by atoms with E-state index in [2.05, 4.69) is 28.2 Å². The Hall–Kier alpha value is -3.06. The maximum absolute atomic E-state index is 13.5. The molecule has 0 bridgehead atoms. The van der Waals surface area contributed by atoms with E-state index >= 15 is 0 Å². The van der Waals surface area contributed by atoms with E-state index in [0.29, 0.717) is 24.5 Å². The van der Waals surface area contributed by atoms with Gasteiger partial charge in [-0.15, -0.1) is 0 Å². The fourth-order valence-corrected chi connectivity index (χ4v) is 4.55. The first-order valence-electron chi connectivity index (χ1n) is 12.0. The SMILES string of the molecule is CCCCNC(=O)C(CC)N(Cc1cccc(OC)c1)C(=O)COc1ccc2ccccc2c1Br. The lowest BCUT2D eigenvalue weighted by atomic mass is 10.1. The predicted octanol–water partition coefficient (Wildman–Crippen LogP) is 5.71. The molecule has 3 aromatic carbocycles. The Kier molecular flexibility index (Phi) is 9.97. The van der Waals surface area contributed by atoms with Crippen molar-refractivity contribution >= 4 is 38.5 Å². The van der Waals surface area contributed by atoms with Crippen molar-refractivity contribution in [3.8, 4) is 11.5 Å². The molecule has 0 fully saturated rings. The standard InChI is InChI=1S/C28H33BrN2O4/c1-4-6-16-30-28(33)24(5-2)31(18-20-10-9-12-22(17-20)34-3)26(32)19-35-25-15-14-21-11-7-8-13-23(21)27(25)29/h7-15,17,24H,4-6,16,18-19H2,1-3H3,(H,30,33). The zero-order valence-electron chi connectivity index (χ0n) is 20.6. The van der Waals surface area contributed by atoms with Crippen LogP contribution in [0.1, 0.15) is 38.7 Å². The molecule has 186 valence electrons. The lowest BCUT2D eigenvalue weighted by Crippen LogP contribution is -2.50. The molecule has 0 saturated heterocycles. The molecule has 0 radical (unpaired) electrons. The Morgan fingerprint density at radius 2 is 1.86 bits per heavy atom. The normalized spacial score (nSPS) is 11.7. The number of unbranched alkanes of at least 4 members (excludes halogenated alkanes) is 1. The van der Waals surface area contributed by atoms with Crippen molar-refractivity contribution in [3.05, 3.63) is 70.7 Å². The number of nitrogens with one attached hydrogen (secondary N) is 1. The molecular weight excluding hydrogens is 508 g/mol. The monoisotopic (exact) mass is 540 g/mol. The van der Waals surface area contributed by atoms with Gasteiger partial charge >= 0.3 is 0 Å². The number of ether oxygens (including phenoxy) is 2. The summed E-state index contributed by atoms with van der Waals surface area (Å²) in [6.07, 6.45) is 2.37. The summed E-state index contributed by atoms with van der Waals surface area (Å²) in [5.41, 5.74) is 0.879. The third-order valence-electron chi connectivity index (χ3n) is 5.88. The van der Waals surface area contributed by atoms with Gasteiger partial charge in [0, 0.05) is 13.1 Å². The van der Waals surface area contributed by atoms with Crippen LogP contribution in [0.2, 0.25) is 0 Å². The smallest absolute Gasteiger partial charge is 0.261 e. The zero-order valence-corrected chi connectivity index (χ0v) is 22.1. The molecule has 7 heteroatoms. The van der Waals surface area contributed by atoms with Gasteiger partial charge < -0.3 is 19.7 Å². The van der Waals surface area contributed by atoms with Gasteiger partial charge in [0.2, 0.25) is 5.91 Å². The molecule has 3 rings (SSSR count). The topological polar surface area (TPSA) is 67.9 Å². The molecule has 6 nitrogen and oxygen atoms in total. The summed E-state index contributed by atoms with van der Waals surface area (Å²) in [7, 11) is 1.60. The highest BCUT2D eigenvalue weighted by molar-refractivity contribution is 9.10. The molecule has 0 heterocycles. The molecule has 3 aromatic rings. The van der Waals surface area contributed by atoms with Gasteiger partial charge in [-0.2, -0.15) is 0 Å². The zero-order chi connectivity index (χ0) is 25.2. The van der Waals surface area contributed by atoms with Crippen molar-refractivity contribution in [3.63, 3.8) is 0 Å². The van der Waals surface area contributed by atoms with Crippen LogP contribution in [0.5, 0.6) is 11.5 Å². The fraction of sp³-hybridized carbons (Fsp3) is 0.357. The van der Waals surface area contributed by atoms with Crippen LogP contribution in [-0.4, -0.2) is 43.0 Å². The Labute approximate surface area is 215 Å². The summed E-state index contributed by atoms with van der Waals surface area (Å²) >= 11 is 3.61. The average Bonchev–Trinajstić information content (AvgIpc) is 2.88. The maximum atomic E-state index is 13.5. The Bertz CT molecular complexity index is 1150. The van der Waals surface area contributed by atoms with Crippen molar-refractivity contribution in [1.29, 1.82) is 0 Å². The number of hydrogen-bond acceptors (Lipinski definition) is 4. The minimum Gasteiger partial charge on any atom is -0.497 e. The number of nitrogens with zero attached hydrogens (tertiary/aromatic N) is 1. The Balaban J connectivity index is 1.81. The summed E-state index contributed by atoms with van der Waals surface area (Å²) < 4.78 is 12.1. The van der Waals surface area contributed by atoms with Crippen LogP contribution >= 0.6 is 15.9 Å². The maximum Gasteiger partial charge on any atom is 0.261 e. The molecule has 0 aliphatic heterocycles. The molecule has 0 spiro atoms. The van der Waals surface area contributed by atoms with E-state index in [4.69, 9.17) is 9.47 Å². The summed E-state index contributed by atoms with van der Waals surface area (Å²) in [6.45, 7) is 4.67. The van der Waals surface area contributed by atoms with Crippen LogP contribution < -0.4 is 14.8 Å². The third-order valence-corrected chi connectivity index (χ3v) is 6.70. The molecule has 1 atom stereocenters. The number of amides is 2. The van der Waals surface area contributed by atoms with Crippen molar-refractivity contribution in [1.82, 2.24) is 10.2 Å². The number of carbonyl (C=O) groups excluding carboxylic acids is 2. The highest BCUT2D eigenvalue weighted by atomic mass is 79.9. The van der Waals surface area contributed by atoms with Crippen LogP contribution in [0, 0.1) is 0 Å². The number of carbonyl (C=O) groups is 2. The Morgan fingerprint density at radius 1 is 1.06 bits per heavy atom. The van der Waals surface area contributed by atoms with Gasteiger partial charge in [0.05, 0.1) is 11.6 Å². The van der Waals surface area contributed by atoms with Crippen molar-refractivity contribution in [2.75, 3.05) is 20.3 Å². The number of fused-ring (bicyclic) bond motifs is 1. The second kappa shape index (κ2) is 13.1. The molecule has 35 heavy (non-hydrogen) atoms. The van der Waals surface area contributed by atoms with E-state index in [-0.39, 0.29) is 25.0 Å². The number of hydrogen-bond donors (Lipinski definition) is 1. The van der Waals surface area contributed by atoms with E-state index in [1.165, 1.54) is 0 Å². The second-order valence-electron chi connectivity index (χ2n) is 8.33. The first-order valence-corrected chi connectivity index (χ1v) is 12.8. The van der Waals surface area contributed by atoms with Gasteiger partial charge in [-0.1, -0.05) is 62.7 Å². The van der Waals surface area contributed by atoms with Gasteiger partial charge in [0.1, 0.15) is 17.5 Å². The van der Waals surface area contributed by atoms with E-state index in [9.17, 15) is 9.59 Å².